The number of hydrogen-bond donors (Lipinski definition) is 2. The molecule has 0 aromatic heterocycles. The Balaban J connectivity index is 2.21. The fourth-order valence-corrected chi connectivity index (χ4v) is 1.84. The van der Waals surface area contributed by atoms with Crippen molar-refractivity contribution in [2.75, 3.05) is 19.7 Å². The largest absolute Gasteiger partial charge is 0.389 e. The molecule has 4 heteroatoms. The number of aliphatic hydroxyl groups is 1. The second kappa shape index (κ2) is 7.72. The molecule has 0 aliphatic heterocycles. The maximum Gasteiger partial charge on any atom is 0.123 e. The molecule has 0 radical (unpaired) electrons. The Morgan fingerprint density at radius 1 is 1.35 bits per heavy atom. The second-order valence-corrected chi connectivity index (χ2v) is 6.10. The van der Waals surface area contributed by atoms with Gasteiger partial charge in [0.05, 0.1) is 18.3 Å². The first kappa shape index (κ1) is 17.1. The lowest BCUT2D eigenvalue weighted by Crippen LogP contribution is -2.34. The SMILES string of the molecule is Cc1cc(F)ccc1CCNCC(O)COC(C)(C)C. The molecule has 0 amide bonds. The average Bonchev–Trinajstić information content (AvgIpc) is 2.33. The molecule has 114 valence electrons. The number of aryl methyl sites for hydroxylation is 1. The summed E-state index contributed by atoms with van der Waals surface area (Å²) in [6, 6.07) is 4.83. The van der Waals surface area contributed by atoms with Crippen LogP contribution in [0, 0.1) is 12.7 Å². The minimum Gasteiger partial charge on any atom is -0.389 e. The van der Waals surface area contributed by atoms with Crippen molar-refractivity contribution in [1.29, 1.82) is 0 Å². The van der Waals surface area contributed by atoms with E-state index in [9.17, 15) is 9.50 Å². The van der Waals surface area contributed by atoms with E-state index in [0.29, 0.717) is 13.2 Å². The third kappa shape index (κ3) is 6.98. The van der Waals surface area contributed by atoms with Crippen molar-refractivity contribution >= 4 is 0 Å². The molecular formula is C16H26FNO2. The number of halogens is 1. The predicted octanol–water partition coefficient (Wildman–Crippen LogP) is 2.44. The van der Waals surface area contributed by atoms with Crippen molar-refractivity contribution in [3.63, 3.8) is 0 Å². The number of nitrogens with one attached hydrogen (secondary N) is 1. The molecule has 0 aliphatic rings. The van der Waals surface area contributed by atoms with Crippen LogP contribution in [-0.4, -0.2) is 36.5 Å². The molecule has 0 aliphatic carbocycles. The molecule has 0 bridgehead atoms. The van der Waals surface area contributed by atoms with Gasteiger partial charge >= 0.3 is 0 Å². The fourth-order valence-electron chi connectivity index (χ4n) is 1.84. The molecular weight excluding hydrogens is 257 g/mol. The Morgan fingerprint density at radius 2 is 2.05 bits per heavy atom. The van der Waals surface area contributed by atoms with Gasteiger partial charge in [0.15, 0.2) is 0 Å². The molecule has 1 aromatic rings. The van der Waals surface area contributed by atoms with Crippen LogP contribution >= 0.6 is 0 Å². The summed E-state index contributed by atoms with van der Waals surface area (Å²) in [5, 5.41) is 13.0. The second-order valence-electron chi connectivity index (χ2n) is 6.10. The summed E-state index contributed by atoms with van der Waals surface area (Å²) in [5.74, 6) is -0.200. The molecule has 3 nitrogen and oxygen atoms in total. The van der Waals surface area contributed by atoms with Gasteiger partial charge in [-0.3, -0.25) is 0 Å². The summed E-state index contributed by atoms with van der Waals surface area (Å²) in [4.78, 5) is 0. The van der Waals surface area contributed by atoms with Crippen molar-refractivity contribution in [2.24, 2.45) is 0 Å². The molecule has 0 heterocycles. The third-order valence-corrected chi connectivity index (χ3v) is 2.96. The van der Waals surface area contributed by atoms with Gasteiger partial charge < -0.3 is 15.2 Å². The van der Waals surface area contributed by atoms with Gasteiger partial charge in [-0.25, -0.2) is 4.39 Å². The smallest absolute Gasteiger partial charge is 0.123 e. The average molecular weight is 283 g/mol. The number of rotatable bonds is 7. The maximum atomic E-state index is 13.0. The summed E-state index contributed by atoms with van der Waals surface area (Å²) >= 11 is 0. The Labute approximate surface area is 121 Å². The first-order chi connectivity index (χ1) is 9.28. The van der Waals surface area contributed by atoms with Crippen LogP contribution in [0.3, 0.4) is 0 Å². The number of hydrogen-bond acceptors (Lipinski definition) is 3. The van der Waals surface area contributed by atoms with Crippen molar-refractivity contribution in [2.45, 2.75) is 45.8 Å². The number of ether oxygens (including phenoxy) is 1. The van der Waals surface area contributed by atoms with E-state index in [-0.39, 0.29) is 11.4 Å². The van der Waals surface area contributed by atoms with Crippen molar-refractivity contribution < 1.29 is 14.2 Å². The van der Waals surface area contributed by atoms with Crippen LogP contribution in [0.25, 0.3) is 0 Å². The quantitative estimate of drug-likeness (QED) is 0.755. The highest BCUT2D eigenvalue weighted by Gasteiger charge is 2.13. The molecule has 2 N–H and O–H groups in total. The van der Waals surface area contributed by atoms with Crippen LogP contribution in [0.1, 0.15) is 31.9 Å². The lowest BCUT2D eigenvalue weighted by atomic mass is 10.1. The molecule has 0 saturated carbocycles. The Morgan fingerprint density at radius 3 is 2.65 bits per heavy atom. The Bertz CT molecular complexity index is 415. The molecule has 0 fully saturated rings. The summed E-state index contributed by atoms with van der Waals surface area (Å²) in [7, 11) is 0. The van der Waals surface area contributed by atoms with Crippen LogP contribution < -0.4 is 5.32 Å². The topological polar surface area (TPSA) is 41.5 Å². The molecule has 20 heavy (non-hydrogen) atoms. The first-order valence-electron chi connectivity index (χ1n) is 7.06. The standard InChI is InChI=1S/C16H26FNO2/c1-12-9-14(17)6-5-13(12)7-8-18-10-15(19)11-20-16(2,3)4/h5-6,9,15,18-19H,7-8,10-11H2,1-4H3. The third-order valence-electron chi connectivity index (χ3n) is 2.96. The van der Waals surface area contributed by atoms with Crippen LogP contribution in [0.4, 0.5) is 4.39 Å². The van der Waals surface area contributed by atoms with E-state index in [4.69, 9.17) is 4.74 Å². The summed E-state index contributed by atoms with van der Waals surface area (Å²) in [6.07, 6.45) is 0.308. The highest BCUT2D eigenvalue weighted by molar-refractivity contribution is 5.26. The van der Waals surface area contributed by atoms with E-state index in [1.54, 1.807) is 6.07 Å². The van der Waals surface area contributed by atoms with Crippen LogP contribution in [0.2, 0.25) is 0 Å². The van der Waals surface area contributed by atoms with Crippen molar-refractivity contribution in [3.8, 4) is 0 Å². The van der Waals surface area contributed by atoms with Gasteiger partial charge in [-0.15, -0.1) is 0 Å². The molecule has 1 rings (SSSR count). The fraction of sp³-hybridized carbons (Fsp3) is 0.625. The lowest BCUT2D eigenvalue weighted by molar-refractivity contribution is -0.0477. The minimum atomic E-state index is -0.511. The molecule has 1 aromatic carbocycles. The summed E-state index contributed by atoms with van der Waals surface area (Å²) in [5.41, 5.74) is 1.86. The summed E-state index contributed by atoms with van der Waals surface area (Å²) < 4.78 is 18.5. The highest BCUT2D eigenvalue weighted by atomic mass is 19.1. The number of benzene rings is 1. The maximum absolute atomic E-state index is 13.0. The predicted molar refractivity (Wildman–Crippen MR) is 79.4 cm³/mol. The van der Waals surface area contributed by atoms with Crippen LogP contribution in [-0.2, 0) is 11.2 Å². The van der Waals surface area contributed by atoms with E-state index in [0.717, 1.165) is 24.1 Å². The van der Waals surface area contributed by atoms with Gasteiger partial charge in [-0.05, 0) is 63.9 Å². The van der Waals surface area contributed by atoms with Crippen LogP contribution in [0.5, 0.6) is 0 Å². The van der Waals surface area contributed by atoms with E-state index < -0.39 is 6.10 Å². The van der Waals surface area contributed by atoms with Gasteiger partial charge in [-0.1, -0.05) is 6.07 Å². The Kier molecular flexibility index (Phi) is 6.59. The number of aliphatic hydroxyl groups excluding tert-OH is 1. The molecule has 1 unspecified atom stereocenters. The zero-order valence-corrected chi connectivity index (χ0v) is 12.9. The molecule has 0 saturated heterocycles. The Hall–Kier alpha value is -0.970. The highest BCUT2D eigenvalue weighted by Crippen LogP contribution is 2.10. The van der Waals surface area contributed by atoms with E-state index >= 15 is 0 Å². The van der Waals surface area contributed by atoms with Gasteiger partial charge in [-0.2, -0.15) is 0 Å². The van der Waals surface area contributed by atoms with E-state index in [1.807, 2.05) is 33.8 Å². The molecule has 0 spiro atoms. The minimum absolute atomic E-state index is 0.200. The monoisotopic (exact) mass is 283 g/mol. The normalized spacial score (nSPS) is 13.5. The zero-order valence-electron chi connectivity index (χ0n) is 12.9. The van der Waals surface area contributed by atoms with Gasteiger partial charge in [0, 0.05) is 6.54 Å². The van der Waals surface area contributed by atoms with E-state index in [1.165, 1.54) is 6.07 Å². The van der Waals surface area contributed by atoms with Crippen molar-refractivity contribution in [3.05, 3.63) is 35.1 Å². The molecule has 1 atom stereocenters. The lowest BCUT2D eigenvalue weighted by Gasteiger charge is -2.22. The summed E-state index contributed by atoms with van der Waals surface area (Å²) in [6.45, 7) is 9.37. The zero-order chi connectivity index (χ0) is 15.2. The van der Waals surface area contributed by atoms with Crippen LogP contribution in [0.15, 0.2) is 18.2 Å². The van der Waals surface area contributed by atoms with Gasteiger partial charge in [0.25, 0.3) is 0 Å². The van der Waals surface area contributed by atoms with E-state index in [2.05, 4.69) is 5.32 Å². The first-order valence-corrected chi connectivity index (χ1v) is 7.06. The van der Waals surface area contributed by atoms with Crippen molar-refractivity contribution in [1.82, 2.24) is 5.32 Å². The van der Waals surface area contributed by atoms with Gasteiger partial charge in [0.2, 0.25) is 0 Å². The van der Waals surface area contributed by atoms with Gasteiger partial charge in [0.1, 0.15) is 5.82 Å².